The number of hydrogen-bond donors (Lipinski definition) is 1. The Balaban J connectivity index is 2.08. The summed E-state index contributed by atoms with van der Waals surface area (Å²) in [5, 5.41) is 11.5. The molecule has 1 aliphatic heterocycles. The molecule has 0 bridgehead atoms. The molecule has 4 heteroatoms. The first-order chi connectivity index (χ1) is 11.0. The lowest BCUT2D eigenvalue weighted by Gasteiger charge is -2.44. The van der Waals surface area contributed by atoms with Gasteiger partial charge in [0.05, 0.1) is 12.7 Å². The molecule has 2 aromatic carbocycles. The molecule has 0 unspecified atom stereocenters. The fourth-order valence-electron chi connectivity index (χ4n) is 3.44. The van der Waals surface area contributed by atoms with Gasteiger partial charge in [-0.1, -0.05) is 30.3 Å². The summed E-state index contributed by atoms with van der Waals surface area (Å²) >= 11 is 0. The van der Waals surface area contributed by atoms with Gasteiger partial charge in [0.1, 0.15) is 11.6 Å². The number of likely N-dealkylation sites (tertiary alicyclic amines) is 1. The summed E-state index contributed by atoms with van der Waals surface area (Å²) in [6.45, 7) is 1.37. The lowest BCUT2D eigenvalue weighted by molar-refractivity contribution is -0.0429. The van der Waals surface area contributed by atoms with E-state index < -0.39 is 5.60 Å². The van der Waals surface area contributed by atoms with Gasteiger partial charge in [0.15, 0.2) is 0 Å². The fourth-order valence-corrected chi connectivity index (χ4v) is 3.44. The highest BCUT2D eigenvalue weighted by molar-refractivity contribution is 5.37. The van der Waals surface area contributed by atoms with E-state index in [-0.39, 0.29) is 11.7 Å². The Morgan fingerprint density at radius 3 is 2.74 bits per heavy atom. The maximum Gasteiger partial charge on any atom is 0.126 e. The first-order valence-electron chi connectivity index (χ1n) is 7.84. The SMILES string of the molecule is COc1cccc([C@@]2(O)CCN(C)C[C@@H]2c2ccccc2F)c1. The van der Waals surface area contributed by atoms with E-state index in [2.05, 4.69) is 4.90 Å². The zero-order chi connectivity index (χ0) is 16.4. The molecule has 1 N–H and O–H groups in total. The second-order valence-electron chi connectivity index (χ2n) is 6.24. The van der Waals surface area contributed by atoms with Gasteiger partial charge < -0.3 is 14.7 Å². The molecule has 2 aromatic rings. The molecule has 1 saturated heterocycles. The molecule has 3 nitrogen and oxygen atoms in total. The number of piperidine rings is 1. The van der Waals surface area contributed by atoms with Crippen LogP contribution in [0.1, 0.15) is 23.5 Å². The maximum atomic E-state index is 14.4. The summed E-state index contributed by atoms with van der Waals surface area (Å²) in [5.74, 6) is 0.103. The van der Waals surface area contributed by atoms with Crippen molar-refractivity contribution in [3.63, 3.8) is 0 Å². The van der Waals surface area contributed by atoms with Crippen LogP contribution in [-0.4, -0.2) is 37.3 Å². The van der Waals surface area contributed by atoms with Crippen LogP contribution < -0.4 is 4.74 Å². The number of ether oxygens (including phenoxy) is 1. The van der Waals surface area contributed by atoms with Gasteiger partial charge in [0.2, 0.25) is 0 Å². The van der Waals surface area contributed by atoms with Crippen molar-refractivity contribution in [3.05, 3.63) is 65.5 Å². The minimum Gasteiger partial charge on any atom is -0.497 e. The predicted molar refractivity (Wildman–Crippen MR) is 88.1 cm³/mol. The van der Waals surface area contributed by atoms with Crippen LogP contribution in [0.2, 0.25) is 0 Å². The molecular weight excluding hydrogens is 293 g/mol. The Morgan fingerprint density at radius 1 is 1.22 bits per heavy atom. The summed E-state index contributed by atoms with van der Waals surface area (Å²) in [6, 6.07) is 14.2. The molecule has 0 radical (unpaired) electrons. The molecular formula is C19H22FNO2. The second kappa shape index (κ2) is 6.30. The molecule has 122 valence electrons. The van der Waals surface area contributed by atoms with E-state index in [1.807, 2.05) is 37.4 Å². The topological polar surface area (TPSA) is 32.7 Å². The average Bonchev–Trinajstić information content (AvgIpc) is 2.58. The molecule has 0 aromatic heterocycles. The molecule has 1 aliphatic rings. The monoisotopic (exact) mass is 315 g/mol. The summed E-state index contributed by atoms with van der Waals surface area (Å²) in [4.78, 5) is 2.13. The van der Waals surface area contributed by atoms with Crippen molar-refractivity contribution in [1.29, 1.82) is 0 Å². The number of benzene rings is 2. The number of aliphatic hydroxyl groups is 1. The average molecular weight is 315 g/mol. The van der Waals surface area contributed by atoms with Gasteiger partial charge in [0, 0.05) is 19.0 Å². The Morgan fingerprint density at radius 2 is 2.00 bits per heavy atom. The van der Waals surface area contributed by atoms with Gasteiger partial charge in [-0.3, -0.25) is 0 Å². The van der Waals surface area contributed by atoms with E-state index in [4.69, 9.17) is 4.74 Å². The van der Waals surface area contributed by atoms with Crippen molar-refractivity contribution in [2.24, 2.45) is 0 Å². The van der Waals surface area contributed by atoms with E-state index in [1.54, 1.807) is 19.2 Å². The highest BCUT2D eigenvalue weighted by Crippen LogP contribution is 2.44. The van der Waals surface area contributed by atoms with E-state index in [1.165, 1.54) is 6.07 Å². The van der Waals surface area contributed by atoms with Crippen LogP contribution in [0.4, 0.5) is 4.39 Å². The summed E-state index contributed by atoms with van der Waals surface area (Å²) in [5.41, 5.74) is 0.228. The first kappa shape index (κ1) is 16.0. The van der Waals surface area contributed by atoms with Gasteiger partial charge in [-0.15, -0.1) is 0 Å². The number of nitrogens with zero attached hydrogens (tertiary/aromatic N) is 1. The third-order valence-electron chi connectivity index (χ3n) is 4.80. The fraction of sp³-hybridized carbons (Fsp3) is 0.368. The number of methoxy groups -OCH3 is 1. The van der Waals surface area contributed by atoms with Crippen molar-refractivity contribution in [2.75, 3.05) is 27.2 Å². The van der Waals surface area contributed by atoms with Crippen LogP contribution in [0.25, 0.3) is 0 Å². The minimum absolute atomic E-state index is 0.269. The molecule has 0 amide bonds. The molecule has 0 saturated carbocycles. The molecule has 23 heavy (non-hydrogen) atoms. The zero-order valence-corrected chi connectivity index (χ0v) is 13.5. The largest absolute Gasteiger partial charge is 0.497 e. The third-order valence-corrected chi connectivity index (χ3v) is 4.80. The van der Waals surface area contributed by atoms with Gasteiger partial charge in [0.25, 0.3) is 0 Å². The first-order valence-corrected chi connectivity index (χ1v) is 7.84. The van der Waals surface area contributed by atoms with Crippen molar-refractivity contribution in [2.45, 2.75) is 17.9 Å². The number of rotatable bonds is 3. The van der Waals surface area contributed by atoms with Gasteiger partial charge in [-0.25, -0.2) is 4.39 Å². The zero-order valence-electron chi connectivity index (χ0n) is 13.5. The van der Waals surface area contributed by atoms with Gasteiger partial charge in [-0.2, -0.15) is 0 Å². The Bertz CT molecular complexity index is 691. The van der Waals surface area contributed by atoms with Crippen molar-refractivity contribution >= 4 is 0 Å². The molecule has 3 rings (SSSR count). The molecule has 1 heterocycles. The van der Waals surface area contributed by atoms with E-state index in [9.17, 15) is 9.50 Å². The normalized spacial score (nSPS) is 25.3. The molecule has 0 aliphatic carbocycles. The Hall–Kier alpha value is -1.91. The van der Waals surface area contributed by atoms with Crippen LogP contribution in [-0.2, 0) is 5.60 Å². The van der Waals surface area contributed by atoms with E-state index in [0.29, 0.717) is 24.3 Å². The van der Waals surface area contributed by atoms with E-state index in [0.717, 1.165) is 12.1 Å². The highest BCUT2D eigenvalue weighted by atomic mass is 19.1. The van der Waals surface area contributed by atoms with Gasteiger partial charge >= 0.3 is 0 Å². The maximum absolute atomic E-state index is 14.4. The lowest BCUT2D eigenvalue weighted by Crippen LogP contribution is -2.47. The molecule has 2 atom stereocenters. The summed E-state index contributed by atoms with van der Waals surface area (Å²) in [7, 11) is 3.60. The number of hydrogen-bond acceptors (Lipinski definition) is 3. The van der Waals surface area contributed by atoms with Crippen molar-refractivity contribution < 1.29 is 14.2 Å². The van der Waals surface area contributed by atoms with Crippen molar-refractivity contribution in [3.8, 4) is 5.75 Å². The highest BCUT2D eigenvalue weighted by Gasteiger charge is 2.44. The molecule has 1 fully saturated rings. The van der Waals surface area contributed by atoms with Crippen LogP contribution in [0.3, 0.4) is 0 Å². The third kappa shape index (κ3) is 2.96. The Kier molecular flexibility index (Phi) is 4.37. The molecule has 0 spiro atoms. The predicted octanol–water partition coefficient (Wildman–Crippen LogP) is 3.14. The quantitative estimate of drug-likeness (QED) is 0.944. The van der Waals surface area contributed by atoms with Gasteiger partial charge in [-0.05, 0) is 42.8 Å². The lowest BCUT2D eigenvalue weighted by atomic mass is 9.72. The number of likely N-dealkylation sites (N-methyl/N-ethyl adjacent to an activating group) is 1. The Labute approximate surface area is 136 Å². The standard InChI is InChI=1S/C19H22FNO2/c1-21-11-10-19(22,14-6-5-7-15(12-14)23-2)17(13-21)16-8-3-4-9-18(16)20/h3-9,12,17,22H,10-11,13H2,1-2H3/t17-,19+/m1/s1. The van der Waals surface area contributed by atoms with Crippen molar-refractivity contribution in [1.82, 2.24) is 4.90 Å². The van der Waals surface area contributed by atoms with Crippen LogP contribution in [0.5, 0.6) is 5.75 Å². The second-order valence-corrected chi connectivity index (χ2v) is 6.24. The van der Waals surface area contributed by atoms with E-state index >= 15 is 0 Å². The number of halogens is 1. The van der Waals surface area contributed by atoms with Crippen LogP contribution >= 0.6 is 0 Å². The van der Waals surface area contributed by atoms with Crippen LogP contribution in [0.15, 0.2) is 48.5 Å². The smallest absolute Gasteiger partial charge is 0.126 e. The summed E-state index contributed by atoms with van der Waals surface area (Å²) in [6.07, 6.45) is 0.551. The minimum atomic E-state index is -1.11. The summed E-state index contributed by atoms with van der Waals surface area (Å²) < 4.78 is 19.6. The van der Waals surface area contributed by atoms with Crippen LogP contribution in [0, 0.1) is 5.82 Å².